The number of hydrogen-bond acceptors (Lipinski definition) is 6. The zero-order valence-corrected chi connectivity index (χ0v) is 17.4. The van der Waals surface area contributed by atoms with Gasteiger partial charge < -0.3 is 15.0 Å². The minimum Gasteiger partial charge on any atom is -0.378 e. The maximum absolute atomic E-state index is 5.58. The van der Waals surface area contributed by atoms with E-state index in [1.165, 1.54) is 0 Å². The summed E-state index contributed by atoms with van der Waals surface area (Å²) in [5.41, 5.74) is 5.65. The van der Waals surface area contributed by atoms with Crippen molar-refractivity contribution in [2.24, 2.45) is 0 Å². The van der Waals surface area contributed by atoms with Gasteiger partial charge in [0.05, 0.1) is 35.3 Å². The Kier molecular flexibility index (Phi) is 4.33. The Morgan fingerprint density at radius 3 is 2.16 bits per heavy atom. The van der Waals surface area contributed by atoms with E-state index in [0.717, 1.165) is 62.6 Å². The van der Waals surface area contributed by atoms with Crippen LogP contribution in [0.25, 0.3) is 43.9 Å². The molecule has 7 nitrogen and oxygen atoms in total. The largest absolute Gasteiger partial charge is 0.378 e. The summed E-state index contributed by atoms with van der Waals surface area (Å²) in [6.45, 7) is 2.97. The molecule has 1 aliphatic heterocycles. The molecule has 0 unspecified atom stereocenters. The lowest BCUT2D eigenvalue weighted by atomic mass is 10.1. The van der Waals surface area contributed by atoms with Crippen molar-refractivity contribution in [1.82, 2.24) is 24.8 Å². The smallest absolute Gasteiger partial charge is 0.173 e. The molecule has 1 fully saturated rings. The zero-order chi connectivity index (χ0) is 20.8. The number of nitrogens with zero attached hydrogens (tertiary/aromatic N) is 5. The first-order valence-corrected chi connectivity index (χ1v) is 10.6. The molecule has 0 radical (unpaired) electrons. The zero-order valence-electron chi connectivity index (χ0n) is 16.6. The molecule has 0 spiro atoms. The van der Waals surface area contributed by atoms with Crippen molar-refractivity contribution >= 4 is 66.9 Å². The van der Waals surface area contributed by atoms with Crippen molar-refractivity contribution in [2.45, 2.75) is 0 Å². The van der Waals surface area contributed by atoms with Gasteiger partial charge in [-0.1, -0.05) is 12.1 Å². The van der Waals surface area contributed by atoms with Gasteiger partial charge in [0.2, 0.25) is 0 Å². The van der Waals surface area contributed by atoms with E-state index in [2.05, 4.69) is 32.3 Å². The Bertz CT molecular complexity index is 1480. The van der Waals surface area contributed by atoms with Crippen LogP contribution in [0.5, 0.6) is 0 Å². The molecule has 6 rings (SSSR count). The van der Waals surface area contributed by atoms with Crippen molar-refractivity contribution in [2.75, 3.05) is 31.6 Å². The summed E-state index contributed by atoms with van der Waals surface area (Å²) in [5.74, 6) is 0. The Morgan fingerprint density at radius 2 is 1.48 bits per heavy atom. The summed E-state index contributed by atoms with van der Waals surface area (Å²) in [6, 6.07) is 13.9. The van der Waals surface area contributed by atoms with Gasteiger partial charge in [-0.25, -0.2) is 9.97 Å². The lowest BCUT2D eigenvalue weighted by molar-refractivity contribution is 0.0690. The molecule has 8 heteroatoms. The van der Waals surface area contributed by atoms with E-state index in [-0.39, 0.29) is 0 Å². The standard InChI is InChI=1S/C23H18N6OS/c31-23(29-9-11-30-12-10-29)26-14-5-6-17-18(13-14)28-22-20-16(4-2-8-25-20)15-3-1-7-24-19(15)21(22)27-17/h1-8,13H,9-12H2,(H,26,31). The van der Waals surface area contributed by atoms with E-state index in [4.69, 9.17) is 26.9 Å². The van der Waals surface area contributed by atoms with Crippen LogP contribution in [0.2, 0.25) is 0 Å². The number of pyridine rings is 2. The Balaban J connectivity index is 1.51. The predicted molar refractivity (Wildman–Crippen MR) is 126 cm³/mol. The fourth-order valence-corrected chi connectivity index (χ4v) is 4.35. The maximum atomic E-state index is 5.58. The van der Waals surface area contributed by atoms with Gasteiger partial charge in [-0.2, -0.15) is 0 Å². The van der Waals surface area contributed by atoms with Crippen molar-refractivity contribution in [3.05, 3.63) is 54.9 Å². The van der Waals surface area contributed by atoms with Crippen LogP contribution in [-0.4, -0.2) is 56.3 Å². The molecule has 5 aromatic rings. The summed E-state index contributed by atoms with van der Waals surface area (Å²) in [4.78, 5) is 21.2. The van der Waals surface area contributed by atoms with Crippen LogP contribution in [0.4, 0.5) is 5.69 Å². The van der Waals surface area contributed by atoms with Crippen LogP contribution in [0.1, 0.15) is 0 Å². The third-order valence-electron chi connectivity index (χ3n) is 5.57. The monoisotopic (exact) mass is 426 g/mol. The van der Waals surface area contributed by atoms with Gasteiger partial charge in [0.25, 0.3) is 0 Å². The highest BCUT2D eigenvalue weighted by atomic mass is 32.1. The number of fused-ring (bicyclic) bond motifs is 7. The topological polar surface area (TPSA) is 76.1 Å². The van der Waals surface area contributed by atoms with Gasteiger partial charge in [0, 0.05) is 41.9 Å². The molecule has 0 atom stereocenters. The molecular formula is C23H18N6OS. The highest BCUT2D eigenvalue weighted by molar-refractivity contribution is 7.80. The highest BCUT2D eigenvalue weighted by Crippen LogP contribution is 2.32. The van der Waals surface area contributed by atoms with Crippen LogP contribution >= 0.6 is 12.2 Å². The van der Waals surface area contributed by atoms with Crippen LogP contribution in [0.3, 0.4) is 0 Å². The van der Waals surface area contributed by atoms with Gasteiger partial charge in [-0.05, 0) is 42.5 Å². The molecule has 1 N–H and O–H groups in total. The summed E-state index contributed by atoms with van der Waals surface area (Å²) in [5, 5.41) is 6.07. The molecule has 4 heterocycles. The second-order valence-electron chi connectivity index (χ2n) is 7.45. The minimum absolute atomic E-state index is 0.693. The fourth-order valence-electron chi connectivity index (χ4n) is 4.05. The number of aromatic nitrogens is 4. The quantitative estimate of drug-likeness (QED) is 0.246. The molecular weight excluding hydrogens is 408 g/mol. The minimum atomic E-state index is 0.693. The third kappa shape index (κ3) is 3.11. The average Bonchev–Trinajstić information content (AvgIpc) is 2.84. The van der Waals surface area contributed by atoms with Gasteiger partial charge in [0.15, 0.2) is 5.11 Å². The molecule has 0 amide bonds. The number of benzene rings is 2. The van der Waals surface area contributed by atoms with E-state index in [1.54, 1.807) is 12.4 Å². The van der Waals surface area contributed by atoms with Crippen LogP contribution in [0, 0.1) is 0 Å². The predicted octanol–water partition coefficient (Wildman–Crippen LogP) is 3.91. The van der Waals surface area contributed by atoms with E-state index in [9.17, 15) is 0 Å². The summed E-state index contributed by atoms with van der Waals surface area (Å²) >= 11 is 5.58. The third-order valence-corrected chi connectivity index (χ3v) is 5.93. The molecule has 0 bridgehead atoms. The first kappa shape index (κ1) is 18.3. The van der Waals surface area contributed by atoms with Crippen molar-refractivity contribution < 1.29 is 4.74 Å². The van der Waals surface area contributed by atoms with E-state index in [1.807, 2.05) is 30.3 Å². The Hall–Kier alpha value is -3.49. The van der Waals surface area contributed by atoms with Crippen LogP contribution < -0.4 is 5.32 Å². The maximum Gasteiger partial charge on any atom is 0.173 e. The SMILES string of the molecule is S=C(Nc1ccc2nc3c4ncccc4c4cccnc4c3nc2c1)N1CCOCC1. The summed E-state index contributed by atoms with van der Waals surface area (Å²) < 4.78 is 5.41. The van der Waals surface area contributed by atoms with Crippen molar-refractivity contribution in [1.29, 1.82) is 0 Å². The number of morpholine rings is 1. The number of hydrogen-bond donors (Lipinski definition) is 1. The van der Waals surface area contributed by atoms with Gasteiger partial charge in [-0.15, -0.1) is 0 Å². The normalized spacial score (nSPS) is 14.5. The molecule has 0 saturated carbocycles. The second-order valence-corrected chi connectivity index (χ2v) is 7.84. The van der Waals surface area contributed by atoms with Crippen molar-refractivity contribution in [3.63, 3.8) is 0 Å². The summed E-state index contributed by atoms with van der Waals surface area (Å²) in [7, 11) is 0. The molecule has 152 valence electrons. The molecule has 31 heavy (non-hydrogen) atoms. The highest BCUT2D eigenvalue weighted by Gasteiger charge is 2.16. The van der Waals surface area contributed by atoms with Crippen molar-refractivity contribution in [3.8, 4) is 0 Å². The first-order valence-electron chi connectivity index (χ1n) is 10.1. The van der Waals surface area contributed by atoms with Gasteiger partial charge >= 0.3 is 0 Å². The summed E-state index contributed by atoms with van der Waals surface area (Å²) in [6.07, 6.45) is 3.57. The lowest BCUT2D eigenvalue weighted by Gasteiger charge is -2.29. The number of ether oxygens (including phenoxy) is 1. The lowest BCUT2D eigenvalue weighted by Crippen LogP contribution is -2.42. The molecule has 1 aliphatic rings. The number of rotatable bonds is 1. The molecule has 2 aromatic carbocycles. The number of thiocarbonyl (C=S) groups is 1. The molecule has 1 saturated heterocycles. The second kappa shape index (κ2) is 7.33. The Labute approximate surface area is 183 Å². The van der Waals surface area contributed by atoms with E-state index in [0.29, 0.717) is 18.3 Å². The van der Waals surface area contributed by atoms with Crippen LogP contribution in [-0.2, 0) is 4.74 Å². The fraction of sp³-hybridized carbons (Fsp3) is 0.174. The van der Waals surface area contributed by atoms with Crippen LogP contribution in [0.15, 0.2) is 54.9 Å². The molecule has 3 aromatic heterocycles. The number of anilines is 1. The Morgan fingerprint density at radius 1 is 0.839 bits per heavy atom. The van der Waals surface area contributed by atoms with Gasteiger partial charge in [0.1, 0.15) is 11.0 Å². The number of nitrogens with one attached hydrogen (secondary N) is 1. The first-order chi connectivity index (χ1) is 15.3. The average molecular weight is 427 g/mol. The van der Waals surface area contributed by atoms with Gasteiger partial charge in [-0.3, -0.25) is 9.97 Å². The molecule has 0 aliphatic carbocycles. The van der Waals surface area contributed by atoms with E-state index < -0.39 is 0 Å². The van der Waals surface area contributed by atoms with E-state index >= 15 is 0 Å².